The summed E-state index contributed by atoms with van der Waals surface area (Å²) >= 11 is 0. The van der Waals surface area contributed by atoms with Crippen LogP contribution in [0, 0.1) is 17.3 Å². The Labute approximate surface area is 163 Å². The van der Waals surface area contributed by atoms with Crippen LogP contribution in [-0.4, -0.2) is 26.5 Å². The van der Waals surface area contributed by atoms with Crippen molar-refractivity contribution in [3.63, 3.8) is 0 Å². The number of halogens is 1. The van der Waals surface area contributed by atoms with Crippen molar-refractivity contribution < 1.29 is 9.18 Å². The smallest absolute Gasteiger partial charge is 0.252 e. The van der Waals surface area contributed by atoms with Crippen molar-refractivity contribution in [3.8, 4) is 11.1 Å². The highest BCUT2D eigenvalue weighted by Crippen LogP contribution is 2.44. The van der Waals surface area contributed by atoms with Crippen LogP contribution in [0.5, 0.6) is 0 Å². The molecule has 0 aliphatic heterocycles. The van der Waals surface area contributed by atoms with E-state index in [0.29, 0.717) is 17.2 Å². The normalized spacial score (nSPS) is 21.1. The number of primary amides is 1. The number of carbonyl (C=O) groups excluding carboxylic acids is 1. The molecule has 3 heterocycles. The maximum Gasteiger partial charge on any atom is 0.252 e. The second-order valence-electron chi connectivity index (χ2n) is 8.22. The molecule has 28 heavy (non-hydrogen) atoms. The molecular formula is C21H24FN5O. The van der Waals surface area contributed by atoms with Gasteiger partial charge in [0.1, 0.15) is 0 Å². The van der Waals surface area contributed by atoms with Gasteiger partial charge in [0.05, 0.1) is 23.0 Å². The standard InChI is InChI=1S/C21H24FN5O/c1-12-4-6-17(21(12,2)3)26-19-15(20(23)28)10-25-27-11-14(8-16(19)27)13-5-7-18(22)24-9-13/h5,7-12,17,26H,4,6H2,1-3H3,(H2,23,28)/t12?,17-/m1/s1. The zero-order valence-corrected chi connectivity index (χ0v) is 16.2. The summed E-state index contributed by atoms with van der Waals surface area (Å²) in [5.41, 5.74) is 9.14. The van der Waals surface area contributed by atoms with Crippen LogP contribution >= 0.6 is 0 Å². The highest BCUT2D eigenvalue weighted by molar-refractivity contribution is 6.02. The molecule has 0 saturated heterocycles. The molecule has 1 unspecified atom stereocenters. The number of carbonyl (C=O) groups is 1. The minimum atomic E-state index is -0.526. The first-order chi connectivity index (χ1) is 13.3. The lowest BCUT2D eigenvalue weighted by molar-refractivity contribution is 0.100. The van der Waals surface area contributed by atoms with Gasteiger partial charge in [-0.05, 0) is 42.4 Å². The summed E-state index contributed by atoms with van der Waals surface area (Å²) in [6.45, 7) is 6.76. The average Bonchev–Trinajstić information content (AvgIpc) is 3.19. The molecule has 4 rings (SSSR count). The Morgan fingerprint density at radius 2 is 2.07 bits per heavy atom. The van der Waals surface area contributed by atoms with Crippen molar-refractivity contribution in [3.05, 3.63) is 48.3 Å². The van der Waals surface area contributed by atoms with Crippen LogP contribution in [0.4, 0.5) is 10.1 Å². The van der Waals surface area contributed by atoms with E-state index in [0.717, 1.165) is 29.5 Å². The molecule has 1 aliphatic rings. The number of pyridine rings is 1. The molecular weight excluding hydrogens is 357 g/mol. The number of nitrogens with two attached hydrogens (primary N) is 1. The number of amides is 1. The van der Waals surface area contributed by atoms with E-state index < -0.39 is 11.9 Å². The maximum atomic E-state index is 13.2. The summed E-state index contributed by atoms with van der Waals surface area (Å²) in [6, 6.07) is 5.13. The molecule has 3 N–H and O–H groups in total. The number of aromatic nitrogens is 3. The summed E-state index contributed by atoms with van der Waals surface area (Å²) in [5.74, 6) is -0.471. The predicted molar refractivity (Wildman–Crippen MR) is 106 cm³/mol. The number of hydrogen-bond acceptors (Lipinski definition) is 4. The largest absolute Gasteiger partial charge is 0.379 e. The van der Waals surface area contributed by atoms with Gasteiger partial charge in [0.25, 0.3) is 5.91 Å². The molecule has 0 bridgehead atoms. The molecule has 0 spiro atoms. The molecule has 1 fully saturated rings. The fourth-order valence-electron chi connectivity index (χ4n) is 4.04. The van der Waals surface area contributed by atoms with Crippen molar-refractivity contribution >= 4 is 17.1 Å². The Hall–Kier alpha value is -2.96. The third-order valence-electron chi connectivity index (χ3n) is 6.34. The Bertz CT molecular complexity index is 1040. The fourth-order valence-corrected chi connectivity index (χ4v) is 4.04. The molecule has 1 aliphatic carbocycles. The topological polar surface area (TPSA) is 85.3 Å². The van der Waals surface area contributed by atoms with Gasteiger partial charge >= 0.3 is 0 Å². The predicted octanol–water partition coefficient (Wildman–Crippen LogP) is 3.87. The first kappa shape index (κ1) is 18.4. The zero-order valence-electron chi connectivity index (χ0n) is 16.2. The second-order valence-corrected chi connectivity index (χ2v) is 8.22. The lowest BCUT2D eigenvalue weighted by Crippen LogP contribution is -2.35. The first-order valence-electron chi connectivity index (χ1n) is 9.47. The highest BCUT2D eigenvalue weighted by atomic mass is 19.1. The molecule has 3 aromatic rings. The third kappa shape index (κ3) is 3.00. The van der Waals surface area contributed by atoms with E-state index in [1.807, 2.05) is 12.3 Å². The Morgan fingerprint density at radius 3 is 2.68 bits per heavy atom. The van der Waals surface area contributed by atoms with E-state index in [-0.39, 0.29) is 11.5 Å². The third-order valence-corrected chi connectivity index (χ3v) is 6.34. The van der Waals surface area contributed by atoms with Gasteiger partial charge < -0.3 is 11.1 Å². The number of fused-ring (bicyclic) bond motifs is 1. The van der Waals surface area contributed by atoms with Crippen LogP contribution in [-0.2, 0) is 0 Å². The fraction of sp³-hybridized carbons (Fsp3) is 0.381. The Balaban J connectivity index is 1.82. The van der Waals surface area contributed by atoms with Gasteiger partial charge in [-0.15, -0.1) is 0 Å². The van der Waals surface area contributed by atoms with E-state index in [1.54, 1.807) is 10.6 Å². The first-order valence-corrected chi connectivity index (χ1v) is 9.47. The molecule has 6 nitrogen and oxygen atoms in total. The van der Waals surface area contributed by atoms with Gasteiger partial charge in [0, 0.05) is 29.6 Å². The van der Waals surface area contributed by atoms with E-state index in [9.17, 15) is 9.18 Å². The van der Waals surface area contributed by atoms with Crippen LogP contribution in [0.1, 0.15) is 44.0 Å². The van der Waals surface area contributed by atoms with Crippen LogP contribution in [0.25, 0.3) is 16.6 Å². The number of hydrogen-bond donors (Lipinski definition) is 2. The van der Waals surface area contributed by atoms with Crippen molar-refractivity contribution in [1.29, 1.82) is 0 Å². The highest BCUT2D eigenvalue weighted by Gasteiger charge is 2.41. The molecule has 0 radical (unpaired) electrons. The molecule has 1 saturated carbocycles. The number of nitrogens with zero attached hydrogens (tertiary/aromatic N) is 3. The Kier molecular flexibility index (Phi) is 4.33. The van der Waals surface area contributed by atoms with E-state index >= 15 is 0 Å². The minimum absolute atomic E-state index is 0.0888. The lowest BCUT2D eigenvalue weighted by atomic mass is 9.80. The van der Waals surface area contributed by atoms with Crippen LogP contribution in [0.2, 0.25) is 0 Å². The van der Waals surface area contributed by atoms with Gasteiger partial charge in [0.15, 0.2) is 0 Å². The van der Waals surface area contributed by atoms with Crippen LogP contribution in [0.15, 0.2) is 36.8 Å². The lowest BCUT2D eigenvalue weighted by Gasteiger charge is -2.33. The Morgan fingerprint density at radius 1 is 1.29 bits per heavy atom. The zero-order chi connectivity index (χ0) is 20.1. The van der Waals surface area contributed by atoms with E-state index in [4.69, 9.17) is 5.73 Å². The van der Waals surface area contributed by atoms with Crippen LogP contribution in [0.3, 0.4) is 0 Å². The summed E-state index contributed by atoms with van der Waals surface area (Å²) in [4.78, 5) is 15.8. The summed E-state index contributed by atoms with van der Waals surface area (Å²) < 4.78 is 14.9. The quantitative estimate of drug-likeness (QED) is 0.672. The van der Waals surface area contributed by atoms with Gasteiger partial charge in [-0.2, -0.15) is 9.49 Å². The summed E-state index contributed by atoms with van der Waals surface area (Å²) in [7, 11) is 0. The van der Waals surface area contributed by atoms with Gasteiger partial charge in [-0.3, -0.25) is 4.79 Å². The molecule has 3 aromatic heterocycles. The van der Waals surface area contributed by atoms with Gasteiger partial charge in [-0.25, -0.2) is 9.50 Å². The maximum absolute atomic E-state index is 13.2. The van der Waals surface area contributed by atoms with Gasteiger partial charge in [0.2, 0.25) is 5.95 Å². The summed E-state index contributed by atoms with van der Waals surface area (Å²) in [6.07, 6.45) is 6.97. The van der Waals surface area contributed by atoms with E-state index in [1.165, 1.54) is 18.5 Å². The molecule has 0 aromatic carbocycles. The average molecular weight is 381 g/mol. The monoisotopic (exact) mass is 381 g/mol. The van der Waals surface area contributed by atoms with E-state index in [2.05, 4.69) is 36.2 Å². The molecule has 146 valence electrons. The molecule has 1 amide bonds. The second kappa shape index (κ2) is 6.58. The number of rotatable bonds is 4. The number of nitrogens with one attached hydrogen (secondary N) is 1. The SMILES string of the molecule is CC1CC[C@@H](Nc2c(C(N)=O)cnn3cc(-c4ccc(F)nc4)cc23)C1(C)C. The number of anilines is 1. The van der Waals surface area contributed by atoms with Crippen molar-refractivity contribution in [1.82, 2.24) is 14.6 Å². The molecule has 2 atom stereocenters. The van der Waals surface area contributed by atoms with Crippen molar-refractivity contribution in [2.24, 2.45) is 17.1 Å². The summed E-state index contributed by atoms with van der Waals surface area (Å²) in [5, 5.41) is 7.93. The van der Waals surface area contributed by atoms with Crippen molar-refractivity contribution in [2.45, 2.75) is 39.7 Å². The van der Waals surface area contributed by atoms with Crippen LogP contribution < -0.4 is 11.1 Å². The van der Waals surface area contributed by atoms with Gasteiger partial charge in [-0.1, -0.05) is 20.8 Å². The minimum Gasteiger partial charge on any atom is -0.379 e. The molecule has 7 heteroatoms. The van der Waals surface area contributed by atoms with Crippen molar-refractivity contribution in [2.75, 3.05) is 5.32 Å².